The molecular weight excluding hydrogens is 392 g/mol. The van der Waals surface area contributed by atoms with Crippen molar-refractivity contribution < 1.29 is 0 Å². The summed E-state index contributed by atoms with van der Waals surface area (Å²) in [7, 11) is 0. The molecule has 5 rings (SSSR count). The van der Waals surface area contributed by atoms with Gasteiger partial charge in [-0.3, -0.25) is 0 Å². The van der Waals surface area contributed by atoms with E-state index in [9.17, 15) is 0 Å². The second-order valence-corrected chi connectivity index (χ2v) is 10.2. The van der Waals surface area contributed by atoms with Gasteiger partial charge in [0.25, 0.3) is 0 Å². The van der Waals surface area contributed by atoms with Gasteiger partial charge in [-0.2, -0.15) is 0 Å². The van der Waals surface area contributed by atoms with Crippen LogP contribution in [-0.4, -0.2) is 0 Å². The van der Waals surface area contributed by atoms with E-state index in [1.165, 1.54) is 100 Å². The third-order valence-corrected chi connectivity index (χ3v) is 7.78. The number of hydrogen-bond acceptors (Lipinski definition) is 1. The SMILES string of the molecule is CCCCCCCCCCc1cc2cc3cc4cc5ccccc5cc4cc3cc2s1. The molecule has 1 heterocycles. The predicted molar refractivity (Wildman–Crippen MR) is 141 cm³/mol. The lowest BCUT2D eigenvalue weighted by atomic mass is 9.99. The maximum Gasteiger partial charge on any atom is 0.0352 e. The van der Waals surface area contributed by atoms with Crippen LogP contribution in [0.15, 0.2) is 66.7 Å². The number of fused-ring (bicyclic) bond motifs is 4. The van der Waals surface area contributed by atoms with E-state index in [2.05, 4.69) is 73.7 Å². The summed E-state index contributed by atoms with van der Waals surface area (Å²) >= 11 is 1.99. The van der Waals surface area contributed by atoms with Crippen molar-refractivity contribution in [3.05, 3.63) is 71.6 Å². The molecule has 31 heavy (non-hydrogen) atoms. The van der Waals surface area contributed by atoms with E-state index < -0.39 is 0 Å². The van der Waals surface area contributed by atoms with Crippen molar-refractivity contribution in [2.45, 2.75) is 64.7 Å². The van der Waals surface area contributed by atoms with Gasteiger partial charge in [0.05, 0.1) is 0 Å². The number of benzene rings is 4. The smallest absolute Gasteiger partial charge is 0.0352 e. The van der Waals surface area contributed by atoms with Crippen LogP contribution in [0.3, 0.4) is 0 Å². The van der Waals surface area contributed by atoms with Crippen LogP contribution in [0, 0.1) is 0 Å². The Kier molecular flexibility index (Phi) is 6.22. The van der Waals surface area contributed by atoms with Crippen molar-refractivity contribution in [3.63, 3.8) is 0 Å². The maximum absolute atomic E-state index is 2.44. The molecule has 0 radical (unpaired) electrons. The molecule has 0 bridgehead atoms. The van der Waals surface area contributed by atoms with Crippen LogP contribution in [0.5, 0.6) is 0 Å². The highest BCUT2D eigenvalue weighted by molar-refractivity contribution is 7.19. The van der Waals surface area contributed by atoms with Gasteiger partial charge in [-0.1, -0.05) is 76.1 Å². The van der Waals surface area contributed by atoms with Crippen molar-refractivity contribution in [2.75, 3.05) is 0 Å². The Morgan fingerprint density at radius 3 is 1.68 bits per heavy atom. The van der Waals surface area contributed by atoms with Gasteiger partial charge in [0.1, 0.15) is 0 Å². The first-order valence-electron chi connectivity index (χ1n) is 12.1. The maximum atomic E-state index is 2.44. The molecule has 1 aromatic heterocycles. The second-order valence-electron chi connectivity index (χ2n) is 9.07. The first-order valence-corrected chi connectivity index (χ1v) is 12.9. The van der Waals surface area contributed by atoms with E-state index in [0.29, 0.717) is 0 Å². The summed E-state index contributed by atoms with van der Waals surface area (Å²) in [4.78, 5) is 1.55. The van der Waals surface area contributed by atoms with Gasteiger partial charge >= 0.3 is 0 Å². The molecule has 0 fully saturated rings. The average Bonchev–Trinajstić information content (AvgIpc) is 3.17. The van der Waals surface area contributed by atoms with Crippen molar-refractivity contribution in [2.24, 2.45) is 0 Å². The predicted octanol–water partition coefficient (Wildman–Crippen LogP) is 10.0. The summed E-state index contributed by atoms with van der Waals surface area (Å²) < 4.78 is 1.43. The van der Waals surface area contributed by atoms with Crippen LogP contribution < -0.4 is 0 Å². The molecule has 0 unspecified atom stereocenters. The third-order valence-electron chi connectivity index (χ3n) is 6.62. The molecule has 0 N–H and O–H groups in total. The molecule has 5 aromatic rings. The lowest BCUT2D eigenvalue weighted by Crippen LogP contribution is -1.83. The summed E-state index contributed by atoms with van der Waals surface area (Å²) in [5.74, 6) is 0. The van der Waals surface area contributed by atoms with E-state index in [0.717, 1.165) is 0 Å². The van der Waals surface area contributed by atoms with Gasteiger partial charge in [0.15, 0.2) is 0 Å². The van der Waals surface area contributed by atoms with Crippen molar-refractivity contribution in [1.29, 1.82) is 0 Å². The number of unbranched alkanes of at least 4 members (excludes halogenated alkanes) is 7. The number of hydrogen-bond donors (Lipinski definition) is 0. The monoisotopic (exact) mass is 424 g/mol. The van der Waals surface area contributed by atoms with Crippen LogP contribution in [0.25, 0.3) is 42.4 Å². The first kappa shape index (κ1) is 20.5. The number of aryl methyl sites for hydroxylation is 1. The van der Waals surface area contributed by atoms with Crippen LogP contribution in [0.1, 0.15) is 63.2 Å². The number of rotatable bonds is 9. The van der Waals surface area contributed by atoms with Crippen molar-refractivity contribution in [1.82, 2.24) is 0 Å². The highest BCUT2D eigenvalue weighted by Crippen LogP contribution is 2.34. The Balaban J connectivity index is 1.33. The number of thiophene rings is 1. The minimum Gasteiger partial charge on any atom is -0.140 e. The van der Waals surface area contributed by atoms with E-state index in [-0.39, 0.29) is 0 Å². The molecule has 0 saturated carbocycles. The van der Waals surface area contributed by atoms with Gasteiger partial charge in [-0.05, 0) is 93.0 Å². The molecule has 0 aliphatic rings. The van der Waals surface area contributed by atoms with Crippen LogP contribution >= 0.6 is 11.3 Å². The quantitative estimate of drug-likeness (QED) is 0.163. The zero-order valence-corrected chi connectivity index (χ0v) is 19.4. The van der Waals surface area contributed by atoms with E-state index >= 15 is 0 Å². The topological polar surface area (TPSA) is 0 Å². The lowest BCUT2D eigenvalue weighted by Gasteiger charge is -2.05. The minimum atomic E-state index is 1.23. The summed E-state index contributed by atoms with van der Waals surface area (Å²) in [5, 5.41) is 9.42. The summed E-state index contributed by atoms with van der Waals surface area (Å²) in [6, 6.07) is 25.3. The van der Waals surface area contributed by atoms with Crippen molar-refractivity contribution >= 4 is 53.7 Å². The molecule has 0 aliphatic carbocycles. The van der Waals surface area contributed by atoms with Crippen LogP contribution in [-0.2, 0) is 6.42 Å². The Morgan fingerprint density at radius 1 is 0.516 bits per heavy atom. The lowest BCUT2D eigenvalue weighted by molar-refractivity contribution is 0.576. The molecule has 0 aliphatic heterocycles. The zero-order valence-electron chi connectivity index (χ0n) is 18.6. The molecule has 1 heteroatoms. The molecule has 0 atom stereocenters. The van der Waals surface area contributed by atoms with Crippen LogP contribution in [0.4, 0.5) is 0 Å². The van der Waals surface area contributed by atoms with Gasteiger partial charge in [-0.15, -0.1) is 11.3 Å². The molecule has 0 amide bonds. The fraction of sp³-hybridized carbons (Fsp3) is 0.333. The molecule has 0 spiro atoms. The summed E-state index contributed by atoms with van der Waals surface area (Å²) in [5.41, 5.74) is 0. The third kappa shape index (κ3) is 4.62. The molecular formula is C30H32S. The van der Waals surface area contributed by atoms with Crippen molar-refractivity contribution in [3.8, 4) is 0 Å². The first-order chi connectivity index (χ1) is 15.3. The Labute approximate surface area is 189 Å². The summed E-state index contributed by atoms with van der Waals surface area (Å²) in [6.07, 6.45) is 12.4. The average molecular weight is 425 g/mol. The Bertz CT molecular complexity index is 1230. The fourth-order valence-corrected chi connectivity index (χ4v) is 5.98. The molecule has 4 aromatic carbocycles. The summed E-state index contributed by atoms with van der Waals surface area (Å²) in [6.45, 7) is 2.29. The Morgan fingerprint density at radius 2 is 1.03 bits per heavy atom. The van der Waals surface area contributed by atoms with E-state index in [4.69, 9.17) is 0 Å². The largest absolute Gasteiger partial charge is 0.140 e. The molecule has 0 nitrogen and oxygen atoms in total. The molecule has 0 saturated heterocycles. The van der Waals surface area contributed by atoms with Gasteiger partial charge in [0, 0.05) is 9.58 Å². The zero-order chi connectivity index (χ0) is 21.0. The van der Waals surface area contributed by atoms with E-state index in [1.54, 1.807) is 4.88 Å². The van der Waals surface area contributed by atoms with Gasteiger partial charge in [0.2, 0.25) is 0 Å². The fourth-order valence-electron chi connectivity index (χ4n) is 4.84. The Hall–Kier alpha value is -2.38. The standard InChI is InChI=1S/C30H32S/c1-2-3-4-5-6-7-8-9-14-29-20-28-19-26-17-24-15-22-12-10-11-13-23(22)16-25(24)18-27(26)21-30(28)31-29/h10-13,15-21H,2-9,14H2,1H3. The van der Waals surface area contributed by atoms with Crippen LogP contribution in [0.2, 0.25) is 0 Å². The van der Waals surface area contributed by atoms with Gasteiger partial charge < -0.3 is 0 Å². The van der Waals surface area contributed by atoms with Gasteiger partial charge in [-0.25, -0.2) is 0 Å². The molecule has 158 valence electrons. The minimum absolute atomic E-state index is 1.23. The van der Waals surface area contributed by atoms with E-state index in [1.807, 2.05) is 11.3 Å². The highest BCUT2D eigenvalue weighted by atomic mass is 32.1. The highest BCUT2D eigenvalue weighted by Gasteiger charge is 2.06. The second kappa shape index (κ2) is 9.40. The normalized spacial score (nSPS) is 11.9.